The Labute approximate surface area is 58.8 Å². The van der Waals surface area contributed by atoms with Crippen molar-refractivity contribution in [2.45, 2.75) is 19.2 Å². The molecule has 0 amide bonds. The Morgan fingerprint density at radius 1 is 1.67 bits per heavy atom. The van der Waals surface area contributed by atoms with Gasteiger partial charge in [0, 0.05) is 0 Å². The topological polar surface area (TPSA) is 3.24 Å². The van der Waals surface area contributed by atoms with Crippen molar-refractivity contribution in [2.75, 3.05) is 20.1 Å². The van der Waals surface area contributed by atoms with E-state index in [0.717, 1.165) is 12.2 Å². The van der Waals surface area contributed by atoms with Crippen molar-refractivity contribution in [2.24, 2.45) is 5.92 Å². The molecule has 0 bridgehead atoms. The highest BCUT2D eigenvalue weighted by Crippen LogP contribution is 2.16. The first-order valence-corrected chi connectivity index (χ1v) is 3.71. The summed E-state index contributed by atoms with van der Waals surface area (Å²) in [7, 11) is 7.71. The molecule has 0 saturated carbocycles. The standard InChI is InChI=1S/C7H14BN/c1-9-4-2-3-7(5-8)6-9/h7H,2-6H2,1H3/t7-/m1/s1. The molecule has 0 N–H and O–H groups in total. The Morgan fingerprint density at radius 3 is 2.89 bits per heavy atom. The van der Waals surface area contributed by atoms with E-state index in [1.807, 2.05) is 0 Å². The van der Waals surface area contributed by atoms with Crippen molar-refractivity contribution >= 4 is 7.85 Å². The zero-order valence-corrected chi connectivity index (χ0v) is 6.14. The van der Waals surface area contributed by atoms with Crippen molar-refractivity contribution in [3.63, 3.8) is 0 Å². The quantitative estimate of drug-likeness (QED) is 0.468. The normalized spacial score (nSPS) is 30.6. The van der Waals surface area contributed by atoms with E-state index >= 15 is 0 Å². The van der Waals surface area contributed by atoms with Gasteiger partial charge in [-0.15, -0.1) is 0 Å². The molecular weight excluding hydrogens is 109 g/mol. The summed E-state index contributed by atoms with van der Waals surface area (Å²) in [5.41, 5.74) is 0. The van der Waals surface area contributed by atoms with E-state index in [-0.39, 0.29) is 0 Å². The fourth-order valence-electron chi connectivity index (χ4n) is 1.47. The van der Waals surface area contributed by atoms with Crippen LogP contribution in [0.3, 0.4) is 0 Å². The first-order chi connectivity index (χ1) is 4.33. The van der Waals surface area contributed by atoms with Gasteiger partial charge in [-0.1, -0.05) is 6.32 Å². The molecule has 1 atom stereocenters. The highest BCUT2D eigenvalue weighted by atomic mass is 15.1. The van der Waals surface area contributed by atoms with Gasteiger partial charge >= 0.3 is 0 Å². The molecule has 1 fully saturated rings. The summed E-state index contributed by atoms with van der Waals surface area (Å²) >= 11 is 0. The third kappa shape index (κ3) is 2.01. The van der Waals surface area contributed by atoms with Gasteiger partial charge in [-0.3, -0.25) is 0 Å². The Bertz CT molecular complexity index is 85.0. The minimum Gasteiger partial charge on any atom is -0.306 e. The Morgan fingerprint density at radius 2 is 2.44 bits per heavy atom. The lowest BCUT2D eigenvalue weighted by molar-refractivity contribution is 0.222. The maximum Gasteiger partial charge on any atom is 0.0657 e. The van der Waals surface area contributed by atoms with E-state index in [9.17, 15) is 0 Å². The number of nitrogens with zero attached hydrogens (tertiary/aromatic N) is 1. The van der Waals surface area contributed by atoms with Gasteiger partial charge in [0.1, 0.15) is 0 Å². The van der Waals surface area contributed by atoms with Crippen molar-refractivity contribution in [1.82, 2.24) is 4.90 Å². The van der Waals surface area contributed by atoms with Crippen LogP contribution in [-0.4, -0.2) is 32.9 Å². The second-order valence-corrected chi connectivity index (χ2v) is 3.01. The average Bonchev–Trinajstić information content (AvgIpc) is 1.88. The number of rotatable bonds is 1. The maximum absolute atomic E-state index is 5.54. The van der Waals surface area contributed by atoms with Gasteiger partial charge in [0.05, 0.1) is 7.85 Å². The predicted molar refractivity (Wildman–Crippen MR) is 40.8 cm³/mol. The Hall–Kier alpha value is 0.0249. The average molecular weight is 123 g/mol. The van der Waals surface area contributed by atoms with Gasteiger partial charge < -0.3 is 4.90 Å². The molecule has 1 nitrogen and oxygen atoms in total. The van der Waals surface area contributed by atoms with Gasteiger partial charge in [-0.25, -0.2) is 0 Å². The third-order valence-electron chi connectivity index (χ3n) is 2.06. The van der Waals surface area contributed by atoms with E-state index in [1.54, 1.807) is 0 Å². The minimum atomic E-state index is 0.767. The SMILES string of the molecule is [B]C[C@H]1CCCN(C)C1. The van der Waals surface area contributed by atoms with Crippen LogP contribution in [0.15, 0.2) is 0 Å². The van der Waals surface area contributed by atoms with Crippen molar-refractivity contribution in [3.05, 3.63) is 0 Å². The molecule has 2 heteroatoms. The van der Waals surface area contributed by atoms with Crippen LogP contribution in [0.4, 0.5) is 0 Å². The van der Waals surface area contributed by atoms with Crippen LogP contribution in [0.1, 0.15) is 12.8 Å². The fraction of sp³-hybridized carbons (Fsp3) is 1.00. The van der Waals surface area contributed by atoms with Gasteiger partial charge in [-0.05, 0) is 38.9 Å². The molecular formula is C7H14BN. The first kappa shape index (κ1) is 7.14. The zero-order chi connectivity index (χ0) is 6.69. The highest BCUT2D eigenvalue weighted by Gasteiger charge is 2.13. The molecule has 2 radical (unpaired) electrons. The van der Waals surface area contributed by atoms with Crippen molar-refractivity contribution in [3.8, 4) is 0 Å². The monoisotopic (exact) mass is 123 g/mol. The molecule has 0 aliphatic carbocycles. The van der Waals surface area contributed by atoms with E-state index in [1.165, 1.54) is 25.9 Å². The summed E-state index contributed by atoms with van der Waals surface area (Å²) in [5.74, 6) is 0.767. The molecule has 1 aliphatic rings. The Balaban J connectivity index is 2.23. The molecule has 0 aromatic carbocycles. The van der Waals surface area contributed by atoms with Crippen molar-refractivity contribution < 1.29 is 0 Å². The van der Waals surface area contributed by atoms with E-state index in [2.05, 4.69) is 11.9 Å². The first-order valence-electron chi connectivity index (χ1n) is 3.71. The third-order valence-corrected chi connectivity index (χ3v) is 2.06. The lowest BCUT2D eigenvalue weighted by Crippen LogP contribution is -2.31. The summed E-state index contributed by atoms with van der Waals surface area (Å²) in [5, 5.41) is 0. The van der Waals surface area contributed by atoms with Gasteiger partial charge in [0.25, 0.3) is 0 Å². The summed E-state index contributed by atoms with van der Waals surface area (Å²) in [6, 6.07) is 0. The number of hydrogen-bond donors (Lipinski definition) is 0. The van der Waals surface area contributed by atoms with Crippen LogP contribution in [-0.2, 0) is 0 Å². The molecule has 9 heavy (non-hydrogen) atoms. The fourth-order valence-corrected chi connectivity index (χ4v) is 1.47. The predicted octanol–water partition coefficient (Wildman–Crippen LogP) is 0.915. The number of piperidine rings is 1. The Kier molecular flexibility index (Phi) is 2.58. The summed E-state index contributed by atoms with van der Waals surface area (Å²) in [4.78, 5) is 2.36. The van der Waals surface area contributed by atoms with Crippen LogP contribution in [0.5, 0.6) is 0 Å². The van der Waals surface area contributed by atoms with Gasteiger partial charge in [0.2, 0.25) is 0 Å². The summed E-state index contributed by atoms with van der Waals surface area (Å²) < 4.78 is 0. The van der Waals surface area contributed by atoms with Crippen LogP contribution >= 0.6 is 0 Å². The minimum absolute atomic E-state index is 0.767. The van der Waals surface area contributed by atoms with Crippen LogP contribution in [0, 0.1) is 5.92 Å². The van der Waals surface area contributed by atoms with Crippen LogP contribution in [0.2, 0.25) is 6.32 Å². The molecule has 0 aromatic heterocycles. The molecule has 50 valence electrons. The second kappa shape index (κ2) is 3.26. The van der Waals surface area contributed by atoms with Crippen molar-refractivity contribution in [1.29, 1.82) is 0 Å². The molecule has 1 rings (SSSR count). The molecule has 1 heterocycles. The van der Waals surface area contributed by atoms with Crippen LogP contribution < -0.4 is 0 Å². The van der Waals surface area contributed by atoms with Gasteiger partial charge in [-0.2, -0.15) is 0 Å². The number of hydrogen-bond acceptors (Lipinski definition) is 1. The van der Waals surface area contributed by atoms with Gasteiger partial charge in [0.15, 0.2) is 0 Å². The zero-order valence-electron chi connectivity index (χ0n) is 6.14. The largest absolute Gasteiger partial charge is 0.306 e. The van der Waals surface area contributed by atoms with Crippen LogP contribution in [0.25, 0.3) is 0 Å². The highest BCUT2D eigenvalue weighted by molar-refractivity contribution is 6.08. The lowest BCUT2D eigenvalue weighted by Gasteiger charge is -2.28. The second-order valence-electron chi connectivity index (χ2n) is 3.01. The van der Waals surface area contributed by atoms with E-state index in [4.69, 9.17) is 7.85 Å². The molecule has 0 spiro atoms. The summed E-state index contributed by atoms with van der Waals surface area (Å²) in [6.45, 7) is 2.47. The maximum atomic E-state index is 5.54. The molecule has 0 unspecified atom stereocenters. The molecule has 0 aromatic rings. The number of likely N-dealkylation sites (tertiary alicyclic amines) is 1. The smallest absolute Gasteiger partial charge is 0.0657 e. The lowest BCUT2D eigenvalue weighted by atomic mass is 9.85. The van der Waals surface area contributed by atoms with E-state index in [0.29, 0.717) is 0 Å². The van der Waals surface area contributed by atoms with E-state index < -0.39 is 0 Å². The molecule has 1 saturated heterocycles. The molecule has 1 aliphatic heterocycles. The summed E-state index contributed by atoms with van der Waals surface area (Å²) in [6.07, 6.45) is 3.53.